The van der Waals surface area contributed by atoms with Crippen LogP contribution in [0.5, 0.6) is 0 Å². The molecule has 1 rings (SSSR count). The molecular weight excluding hydrogens is 238 g/mol. The molecule has 96 valence electrons. The van der Waals surface area contributed by atoms with Crippen LogP contribution in [0.25, 0.3) is 0 Å². The van der Waals surface area contributed by atoms with Gasteiger partial charge < -0.3 is 5.73 Å². The van der Waals surface area contributed by atoms with Crippen molar-refractivity contribution in [3.05, 3.63) is 29.8 Å². The van der Waals surface area contributed by atoms with Crippen molar-refractivity contribution < 1.29 is 8.42 Å². The highest BCUT2D eigenvalue weighted by Gasteiger charge is 2.23. The number of nitrogen functional groups attached to an aromatic ring is 1. The van der Waals surface area contributed by atoms with Gasteiger partial charge >= 0.3 is 0 Å². The number of anilines is 1. The third kappa shape index (κ3) is 3.42. The third-order valence-corrected chi connectivity index (χ3v) is 4.21. The molecule has 1 aromatic rings. The van der Waals surface area contributed by atoms with Gasteiger partial charge in [-0.3, -0.25) is 0 Å². The number of rotatable bonds is 5. The zero-order valence-electron chi connectivity index (χ0n) is 10.3. The van der Waals surface area contributed by atoms with Gasteiger partial charge in [0.1, 0.15) is 0 Å². The van der Waals surface area contributed by atoms with Gasteiger partial charge in [-0.2, -0.15) is 12.7 Å². The molecule has 0 aliphatic heterocycles. The van der Waals surface area contributed by atoms with Crippen LogP contribution in [0, 0.1) is 0 Å². The van der Waals surface area contributed by atoms with E-state index in [0.717, 1.165) is 5.56 Å². The summed E-state index contributed by atoms with van der Waals surface area (Å²) in [4.78, 5) is 0. The van der Waals surface area contributed by atoms with Crippen LogP contribution in [0.2, 0.25) is 0 Å². The van der Waals surface area contributed by atoms with Crippen LogP contribution in [0.3, 0.4) is 0 Å². The maximum atomic E-state index is 11.8. The Morgan fingerprint density at radius 1 is 1.35 bits per heavy atom. The predicted octanol–water partition coefficient (Wildman–Crippen LogP) is 0.943. The van der Waals surface area contributed by atoms with E-state index >= 15 is 0 Å². The molecule has 0 bridgehead atoms. The van der Waals surface area contributed by atoms with E-state index in [0.29, 0.717) is 5.69 Å². The molecule has 0 saturated heterocycles. The van der Waals surface area contributed by atoms with Crippen molar-refractivity contribution in [2.45, 2.75) is 26.4 Å². The van der Waals surface area contributed by atoms with Gasteiger partial charge in [-0.15, -0.1) is 0 Å². The van der Waals surface area contributed by atoms with E-state index in [1.165, 1.54) is 11.4 Å². The van der Waals surface area contributed by atoms with Crippen molar-refractivity contribution in [1.82, 2.24) is 9.03 Å². The number of nitrogens with two attached hydrogens (primary N) is 1. The second kappa shape index (κ2) is 5.48. The fourth-order valence-corrected chi connectivity index (χ4v) is 2.61. The van der Waals surface area contributed by atoms with E-state index in [9.17, 15) is 8.42 Å². The maximum absolute atomic E-state index is 11.8. The highest BCUT2D eigenvalue weighted by atomic mass is 32.2. The number of benzene rings is 1. The summed E-state index contributed by atoms with van der Waals surface area (Å²) in [5.41, 5.74) is 7.22. The van der Waals surface area contributed by atoms with Crippen molar-refractivity contribution in [3.63, 3.8) is 0 Å². The summed E-state index contributed by atoms with van der Waals surface area (Å²) in [6.45, 7) is 3.93. The lowest BCUT2D eigenvalue weighted by Crippen LogP contribution is -2.42. The van der Waals surface area contributed by atoms with Crippen molar-refractivity contribution in [2.24, 2.45) is 0 Å². The molecule has 5 nitrogen and oxygen atoms in total. The number of nitrogens with one attached hydrogen (secondary N) is 1. The molecule has 0 radical (unpaired) electrons. The molecule has 0 saturated carbocycles. The summed E-state index contributed by atoms with van der Waals surface area (Å²) in [7, 11) is -2.04. The normalized spacial score (nSPS) is 12.3. The zero-order chi connectivity index (χ0) is 13.1. The number of hydrogen-bond donors (Lipinski definition) is 2. The molecule has 3 N–H and O–H groups in total. The average Bonchev–Trinajstić information content (AvgIpc) is 2.27. The Hall–Kier alpha value is -1.11. The Balaban J connectivity index is 3.01. The van der Waals surface area contributed by atoms with E-state index < -0.39 is 10.2 Å². The highest BCUT2D eigenvalue weighted by Crippen LogP contribution is 2.17. The standard InChI is InChI=1S/C11H19N3O2S/c1-9(2)14(17(15,16)13-3)8-10-6-4-5-7-11(10)12/h4-7,9,13H,8,12H2,1-3H3. The monoisotopic (exact) mass is 257 g/mol. The first-order chi connectivity index (χ1) is 7.88. The summed E-state index contributed by atoms with van der Waals surface area (Å²) in [5.74, 6) is 0. The van der Waals surface area contributed by atoms with Crippen molar-refractivity contribution in [1.29, 1.82) is 0 Å². The number of para-hydroxylation sites is 1. The summed E-state index contributed by atoms with van der Waals surface area (Å²) >= 11 is 0. The van der Waals surface area contributed by atoms with Crippen LogP contribution in [0.4, 0.5) is 5.69 Å². The van der Waals surface area contributed by atoms with Crippen molar-refractivity contribution in [3.8, 4) is 0 Å². The molecule has 0 heterocycles. The van der Waals surface area contributed by atoms with Gasteiger partial charge in [0.15, 0.2) is 0 Å². The first kappa shape index (κ1) is 14.0. The van der Waals surface area contributed by atoms with Gasteiger partial charge in [0, 0.05) is 25.3 Å². The molecule has 1 aromatic carbocycles. The second-order valence-electron chi connectivity index (χ2n) is 4.05. The van der Waals surface area contributed by atoms with Gasteiger partial charge in [-0.05, 0) is 25.5 Å². The van der Waals surface area contributed by atoms with E-state index in [1.807, 2.05) is 32.0 Å². The van der Waals surface area contributed by atoms with Gasteiger partial charge in [-0.1, -0.05) is 18.2 Å². The molecule has 0 spiro atoms. The van der Waals surface area contributed by atoms with Gasteiger partial charge in [0.05, 0.1) is 0 Å². The molecule has 0 aromatic heterocycles. The Labute approximate surface area is 103 Å². The summed E-state index contributed by atoms with van der Waals surface area (Å²) in [6.07, 6.45) is 0. The molecular formula is C11H19N3O2S. The molecule has 0 amide bonds. The van der Waals surface area contributed by atoms with Crippen LogP contribution in [0.15, 0.2) is 24.3 Å². The summed E-state index contributed by atoms with van der Waals surface area (Å²) in [6, 6.07) is 7.13. The molecule has 0 aliphatic rings. The maximum Gasteiger partial charge on any atom is 0.279 e. The Bertz CT molecular complexity index is 471. The molecule has 0 fully saturated rings. The van der Waals surface area contributed by atoms with Crippen molar-refractivity contribution in [2.75, 3.05) is 12.8 Å². The van der Waals surface area contributed by atoms with E-state index in [4.69, 9.17) is 5.73 Å². The highest BCUT2D eigenvalue weighted by molar-refractivity contribution is 7.87. The van der Waals surface area contributed by atoms with E-state index in [1.54, 1.807) is 6.07 Å². The van der Waals surface area contributed by atoms with Gasteiger partial charge in [-0.25, -0.2) is 4.72 Å². The largest absolute Gasteiger partial charge is 0.398 e. The van der Waals surface area contributed by atoms with Gasteiger partial charge in [0.25, 0.3) is 10.2 Å². The second-order valence-corrected chi connectivity index (χ2v) is 5.87. The third-order valence-electron chi connectivity index (χ3n) is 2.52. The molecule has 0 atom stereocenters. The SMILES string of the molecule is CNS(=O)(=O)N(Cc1ccccc1N)C(C)C. The number of nitrogens with zero attached hydrogens (tertiary/aromatic N) is 1. The molecule has 0 unspecified atom stereocenters. The first-order valence-corrected chi connectivity index (χ1v) is 6.86. The predicted molar refractivity (Wildman–Crippen MR) is 69.5 cm³/mol. The summed E-state index contributed by atoms with van der Waals surface area (Å²) < 4.78 is 27.4. The Morgan fingerprint density at radius 2 is 1.94 bits per heavy atom. The lowest BCUT2D eigenvalue weighted by molar-refractivity contribution is 0.344. The molecule has 0 aliphatic carbocycles. The smallest absolute Gasteiger partial charge is 0.279 e. The van der Waals surface area contributed by atoms with Crippen LogP contribution < -0.4 is 10.5 Å². The van der Waals surface area contributed by atoms with Crippen LogP contribution in [-0.2, 0) is 16.8 Å². The van der Waals surface area contributed by atoms with E-state index in [2.05, 4.69) is 4.72 Å². The molecule has 17 heavy (non-hydrogen) atoms. The van der Waals surface area contributed by atoms with Crippen LogP contribution in [-0.4, -0.2) is 25.8 Å². The first-order valence-electron chi connectivity index (χ1n) is 5.42. The topological polar surface area (TPSA) is 75.4 Å². The van der Waals surface area contributed by atoms with E-state index in [-0.39, 0.29) is 12.6 Å². The zero-order valence-corrected chi connectivity index (χ0v) is 11.2. The lowest BCUT2D eigenvalue weighted by atomic mass is 10.2. The number of hydrogen-bond acceptors (Lipinski definition) is 3. The molecule has 6 heteroatoms. The van der Waals surface area contributed by atoms with Crippen molar-refractivity contribution >= 4 is 15.9 Å². The average molecular weight is 257 g/mol. The van der Waals surface area contributed by atoms with Gasteiger partial charge in [0.2, 0.25) is 0 Å². The summed E-state index contributed by atoms with van der Waals surface area (Å²) in [5, 5.41) is 0. The fraction of sp³-hybridized carbons (Fsp3) is 0.455. The quantitative estimate of drug-likeness (QED) is 0.771. The fourth-order valence-electron chi connectivity index (χ4n) is 1.51. The minimum absolute atomic E-state index is 0.132. The Morgan fingerprint density at radius 3 is 2.41 bits per heavy atom. The minimum atomic E-state index is -3.45. The minimum Gasteiger partial charge on any atom is -0.398 e. The van der Waals surface area contributed by atoms with Crippen LogP contribution >= 0.6 is 0 Å². The van der Waals surface area contributed by atoms with Crippen LogP contribution in [0.1, 0.15) is 19.4 Å². The Kier molecular flexibility index (Phi) is 4.50. The lowest BCUT2D eigenvalue weighted by Gasteiger charge is -2.25.